The summed E-state index contributed by atoms with van der Waals surface area (Å²) in [5.41, 5.74) is 1.19. The minimum absolute atomic E-state index is 0.145. The molecule has 0 atom stereocenters. The minimum atomic E-state index is -0.331. The van der Waals surface area contributed by atoms with Crippen LogP contribution < -0.4 is 15.4 Å². The molecule has 1 aromatic heterocycles. The largest absolute Gasteiger partial charge is 0.497 e. The zero-order valence-electron chi connectivity index (χ0n) is 15.8. The number of nitrogens with zero attached hydrogens (tertiary/aromatic N) is 3. The highest BCUT2D eigenvalue weighted by Crippen LogP contribution is 2.39. The molecule has 1 aromatic carbocycles. The van der Waals surface area contributed by atoms with Crippen LogP contribution in [0.1, 0.15) is 60.6 Å². The van der Waals surface area contributed by atoms with Gasteiger partial charge >= 0.3 is 0 Å². The molecule has 2 aliphatic rings. The van der Waals surface area contributed by atoms with E-state index in [0.29, 0.717) is 11.7 Å². The number of piperidine rings is 1. The van der Waals surface area contributed by atoms with E-state index < -0.39 is 0 Å². The van der Waals surface area contributed by atoms with Gasteiger partial charge in [-0.15, -0.1) is 5.10 Å². The molecule has 1 amide bonds. The zero-order valence-corrected chi connectivity index (χ0v) is 15.8. The van der Waals surface area contributed by atoms with Crippen LogP contribution in [0.5, 0.6) is 5.75 Å². The lowest BCUT2D eigenvalue weighted by atomic mass is 9.88. The molecular weight excluding hydrogens is 342 g/mol. The smallest absolute Gasteiger partial charge is 0.274 e. The third-order valence-corrected chi connectivity index (χ3v) is 5.88. The van der Waals surface area contributed by atoms with Crippen molar-refractivity contribution in [2.45, 2.75) is 50.1 Å². The normalized spacial score (nSPS) is 19.7. The van der Waals surface area contributed by atoms with Crippen LogP contribution in [0.15, 0.2) is 30.5 Å². The van der Waals surface area contributed by atoms with Crippen LogP contribution in [0.25, 0.3) is 0 Å². The molecule has 4 rings (SSSR count). The number of aromatic nitrogens is 3. The van der Waals surface area contributed by atoms with Gasteiger partial charge in [0.1, 0.15) is 5.75 Å². The molecule has 2 N–H and O–H groups in total. The Kier molecular flexibility index (Phi) is 5.11. The second kappa shape index (κ2) is 7.68. The Labute approximate surface area is 159 Å². The van der Waals surface area contributed by atoms with Crippen molar-refractivity contribution in [2.24, 2.45) is 0 Å². The van der Waals surface area contributed by atoms with Crippen molar-refractivity contribution < 1.29 is 9.53 Å². The highest BCUT2D eigenvalue weighted by Gasteiger charge is 2.37. The van der Waals surface area contributed by atoms with E-state index in [9.17, 15) is 4.79 Å². The second-order valence-corrected chi connectivity index (χ2v) is 7.54. The number of methoxy groups -OCH3 is 1. The molecule has 144 valence electrons. The van der Waals surface area contributed by atoms with E-state index in [4.69, 9.17) is 4.74 Å². The molecule has 7 heteroatoms. The first-order valence-corrected chi connectivity index (χ1v) is 9.80. The molecule has 2 aromatic rings. The highest BCUT2D eigenvalue weighted by molar-refractivity contribution is 5.92. The number of nitrogens with one attached hydrogen (secondary N) is 2. The zero-order chi connectivity index (χ0) is 18.7. The molecule has 1 saturated heterocycles. The number of carbonyl (C=O) groups excluding carboxylic acids is 1. The van der Waals surface area contributed by atoms with Gasteiger partial charge in [0.15, 0.2) is 5.69 Å². The molecule has 0 radical (unpaired) electrons. The van der Waals surface area contributed by atoms with Crippen molar-refractivity contribution in [3.63, 3.8) is 0 Å². The van der Waals surface area contributed by atoms with Crippen LogP contribution in [0.4, 0.5) is 0 Å². The van der Waals surface area contributed by atoms with E-state index in [1.807, 2.05) is 16.8 Å². The second-order valence-electron chi connectivity index (χ2n) is 7.54. The highest BCUT2D eigenvalue weighted by atomic mass is 16.5. The fraction of sp³-hybridized carbons (Fsp3) is 0.550. The first-order chi connectivity index (χ1) is 13.2. The van der Waals surface area contributed by atoms with Crippen LogP contribution >= 0.6 is 0 Å². The summed E-state index contributed by atoms with van der Waals surface area (Å²) in [6.07, 6.45) is 7.91. The maximum atomic E-state index is 12.9. The summed E-state index contributed by atoms with van der Waals surface area (Å²) in [5.74, 6) is 0.677. The number of hydrogen-bond donors (Lipinski definition) is 2. The molecule has 1 aliphatic carbocycles. The van der Waals surface area contributed by atoms with Crippen molar-refractivity contribution >= 4 is 5.91 Å². The van der Waals surface area contributed by atoms with Crippen molar-refractivity contribution in [2.75, 3.05) is 20.2 Å². The third-order valence-electron chi connectivity index (χ3n) is 5.88. The Morgan fingerprint density at radius 1 is 1.22 bits per heavy atom. The topological polar surface area (TPSA) is 81.1 Å². The van der Waals surface area contributed by atoms with E-state index in [0.717, 1.165) is 62.9 Å². The minimum Gasteiger partial charge on any atom is -0.497 e. The summed E-state index contributed by atoms with van der Waals surface area (Å²) in [6.45, 7) is 1.96. The molecule has 2 fully saturated rings. The van der Waals surface area contributed by atoms with Crippen LogP contribution in [0.3, 0.4) is 0 Å². The number of rotatable bonds is 5. The summed E-state index contributed by atoms with van der Waals surface area (Å²) in [7, 11) is 1.66. The Hall–Kier alpha value is -2.41. The van der Waals surface area contributed by atoms with Crippen molar-refractivity contribution in [3.05, 3.63) is 41.7 Å². The average Bonchev–Trinajstić information content (AvgIpc) is 3.39. The molecule has 7 nitrogen and oxygen atoms in total. The molecule has 0 bridgehead atoms. The monoisotopic (exact) mass is 369 g/mol. The van der Waals surface area contributed by atoms with E-state index in [1.54, 1.807) is 13.3 Å². The predicted octanol–water partition coefficient (Wildman–Crippen LogP) is 2.41. The third kappa shape index (κ3) is 3.69. The van der Waals surface area contributed by atoms with Crippen LogP contribution in [0.2, 0.25) is 0 Å². The molecule has 2 heterocycles. The molecule has 0 unspecified atom stereocenters. The number of benzene rings is 1. The molecule has 27 heavy (non-hydrogen) atoms. The van der Waals surface area contributed by atoms with Gasteiger partial charge in [0.05, 0.1) is 24.9 Å². The van der Waals surface area contributed by atoms with Gasteiger partial charge in [-0.2, -0.15) is 0 Å². The Bertz CT molecular complexity index is 774. The standard InChI is InChI=1S/C20H27N5O2/c1-27-17-6-4-15(5-7-17)20(10-2-3-11-20)22-19(26)18-14-25(24-23-18)16-8-12-21-13-9-16/h4-7,14,16,21H,2-3,8-13H2,1H3,(H,22,26). The van der Waals surface area contributed by atoms with Gasteiger partial charge in [0.2, 0.25) is 0 Å². The van der Waals surface area contributed by atoms with Crippen molar-refractivity contribution in [1.82, 2.24) is 25.6 Å². The first-order valence-electron chi connectivity index (χ1n) is 9.80. The van der Waals surface area contributed by atoms with Crippen LogP contribution in [-0.2, 0) is 5.54 Å². The van der Waals surface area contributed by atoms with Gasteiger partial charge in [-0.3, -0.25) is 4.79 Å². The Balaban J connectivity index is 1.51. The van der Waals surface area contributed by atoms with Gasteiger partial charge in [0.25, 0.3) is 5.91 Å². The van der Waals surface area contributed by atoms with E-state index in [-0.39, 0.29) is 11.4 Å². The fourth-order valence-corrected chi connectivity index (χ4v) is 4.29. The fourth-order valence-electron chi connectivity index (χ4n) is 4.29. The van der Waals surface area contributed by atoms with Crippen molar-refractivity contribution in [3.8, 4) is 5.75 Å². The number of hydrogen-bond acceptors (Lipinski definition) is 5. The van der Waals surface area contributed by atoms with Gasteiger partial charge < -0.3 is 15.4 Å². The SMILES string of the molecule is COc1ccc(C2(NC(=O)c3cn(C4CCNCC4)nn3)CCCC2)cc1. The molecule has 1 aliphatic heterocycles. The predicted molar refractivity (Wildman–Crippen MR) is 102 cm³/mol. The number of ether oxygens (including phenoxy) is 1. The number of amides is 1. The number of carbonyl (C=O) groups is 1. The van der Waals surface area contributed by atoms with Gasteiger partial charge in [-0.05, 0) is 56.5 Å². The van der Waals surface area contributed by atoms with Gasteiger partial charge in [-0.1, -0.05) is 30.2 Å². The van der Waals surface area contributed by atoms with Crippen LogP contribution in [0, 0.1) is 0 Å². The van der Waals surface area contributed by atoms with Gasteiger partial charge in [-0.25, -0.2) is 4.68 Å². The first kappa shape index (κ1) is 18.0. The van der Waals surface area contributed by atoms with Crippen LogP contribution in [-0.4, -0.2) is 41.1 Å². The average molecular weight is 369 g/mol. The van der Waals surface area contributed by atoms with Crippen molar-refractivity contribution in [1.29, 1.82) is 0 Å². The summed E-state index contributed by atoms with van der Waals surface area (Å²) in [4.78, 5) is 12.9. The Morgan fingerprint density at radius 2 is 1.93 bits per heavy atom. The quantitative estimate of drug-likeness (QED) is 0.846. The van der Waals surface area contributed by atoms with E-state index >= 15 is 0 Å². The Morgan fingerprint density at radius 3 is 2.59 bits per heavy atom. The summed E-state index contributed by atoms with van der Waals surface area (Å²) < 4.78 is 7.11. The summed E-state index contributed by atoms with van der Waals surface area (Å²) in [5, 5.41) is 15.0. The lowest BCUT2D eigenvalue weighted by molar-refractivity contribution is 0.0893. The lowest BCUT2D eigenvalue weighted by Gasteiger charge is -2.31. The summed E-state index contributed by atoms with van der Waals surface area (Å²) in [6, 6.07) is 8.33. The van der Waals surface area contributed by atoms with Gasteiger partial charge in [0, 0.05) is 0 Å². The molecule has 1 saturated carbocycles. The van der Waals surface area contributed by atoms with E-state index in [2.05, 4.69) is 33.1 Å². The van der Waals surface area contributed by atoms with E-state index in [1.165, 1.54) is 0 Å². The summed E-state index contributed by atoms with van der Waals surface area (Å²) >= 11 is 0. The maximum absolute atomic E-state index is 12.9. The lowest BCUT2D eigenvalue weighted by Crippen LogP contribution is -2.44. The maximum Gasteiger partial charge on any atom is 0.274 e. The molecular formula is C20H27N5O2. The molecule has 0 spiro atoms.